The number of carbonyl (C=O) groups is 1. The highest BCUT2D eigenvalue weighted by Crippen LogP contribution is 2.71. The Balaban J connectivity index is 0.896. The average molecular weight is 1080 g/mol. The van der Waals surface area contributed by atoms with Crippen molar-refractivity contribution in [2.24, 2.45) is 46.3 Å². The summed E-state index contributed by atoms with van der Waals surface area (Å²) < 4.78 is 51.8. The van der Waals surface area contributed by atoms with Gasteiger partial charge in [0.2, 0.25) is 5.91 Å². The molecule has 5 saturated heterocycles. The molecule has 9 aliphatic rings. The SMILES string of the molecule is CCCCCCCCCCCCCC(=O)NC[C@H]1O[C@@H](O[C@H]2CC[C@@]3(C)C(=CC[C@H]4C5C[C@@H]6O[C@]7(CC[C@H](C)CO7)[C@@H](C)[C@@H]6[C@@]5(C)CC[C@@H]43)C2)[C@H](O[C@H]2O[C@H](C)[C@@H](O)[C@H](O)[C@@H]2O)[C@@H](O)[C@@H]1O[C@H]1O[C@H](C)[C@@H](O)[C@H](O)[C@@H]1O. The van der Waals surface area contributed by atoms with Gasteiger partial charge in [-0.25, -0.2) is 0 Å². The van der Waals surface area contributed by atoms with E-state index in [4.69, 9.17) is 37.9 Å². The largest absolute Gasteiger partial charge is 0.388 e. The lowest BCUT2D eigenvalue weighted by molar-refractivity contribution is -0.386. The van der Waals surface area contributed by atoms with Crippen molar-refractivity contribution in [3.05, 3.63) is 11.6 Å². The van der Waals surface area contributed by atoms with Crippen molar-refractivity contribution in [1.29, 1.82) is 0 Å². The van der Waals surface area contributed by atoms with Crippen LogP contribution in [-0.2, 0) is 42.7 Å². The van der Waals surface area contributed by atoms with E-state index in [-0.39, 0.29) is 35.5 Å². The van der Waals surface area contributed by atoms with Crippen LogP contribution in [0.5, 0.6) is 0 Å². The molecular weight excluding hydrogens is 979 g/mol. The number of allylic oxidation sites excluding steroid dienone is 1. The molecule has 0 aromatic carbocycles. The van der Waals surface area contributed by atoms with E-state index in [0.29, 0.717) is 61.2 Å². The number of aliphatic hydroxyl groups is 7. The molecule has 26 atom stereocenters. The molecule has 8 fully saturated rings. The van der Waals surface area contributed by atoms with Crippen LogP contribution in [0.2, 0.25) is 0 Å². The quantitative estimate of drug-likeness (QED) is 0.0510. The highest BCUT2D eigenvalue weighted by atomic mass is 16.8. The zero-order valence-electron chi connectivity index (χ0n) is 46.9. The van der Waals surface area contributed by atoms with Crippen LogP contribution in [0.3, 0.4) is 0 Å². The lowest BCUT2D eigenvalue weighted by Gasteiger charge is -2.59. The minimum atomic E-state index is -1.72. The van der Waals surface area contributed by atoms with E-state index in [9.17, 15) is 40.5 Å². The van der Waals surface area contributed by atoms with Crippen LogP contribution < -0.4 is 5.32 Å². The first-order valence-corrected chi connectivity index (χ1v) is 30.3. The topological polar surface area (TPSA) is 245 Å². The van der Waals surface area contributed by atoms with Gasteiger partial charge in [0, 0.05) is 25.3 Å². The number of unbranched alkanes of at least 4 members (excludes halogenated alkanes) is 10. The van der Waals surface area contributed by atoms with Crippen LogP contribution in [0.4, 0.5) is 0 Å². The summed E-state index contributed by atoms with van der Waals surface area (Å²) >= 11 is 0. The van der Waals surface area contributed by atoms with E-state index < -0.39 is 97.9 Å². The molecule has 4 aliphatic carbocycles. The van der Waals surface area contributed by atoms with Gasteiger partial charge in [0.15, 0.2) is 24.7 Å². The summed E-state index contributed by atoms with van der Waals surface area (Å²) in [6.07, 6.45) is 2.51. The molecule has 17 nitrogen and oxygen atoms in total. The first kappa shape index (κ1) is 59.2. The van der Waals surface area contributed by atoms with Crippen molar-refractivity contribution in [2.45, 2.75) is 293 Å². The third-order valence-corrected chi connectivity index (χ3v) is 21.0. The van der Waals surface area contributed by atoms with Crippen molar-refractivity contribution in [3.63, 3.8) is 0 Å². The summed E-state index contributed by atoms with van der Waals surface area (Å²) in [5.41, 5.74) is 1.50. The summed E-state index contributed by atoms with van der Waals surface area (Å²) in [7, 11) is 0. The molecule has 5 heterocycles. The molecule has 0 radical (unpaired) electrons. The van der Waals surface area contributed by atoms with Gasteiger partial charge in [-0.15, -0.1) is 0 Å². The van der Waals surface area contributed by atoms with Crippen LogP contribution in [0.15, 0.2) is 11.6 Å². The molecule has 1 unspecified atom stereocenters. The summed E-state index contributed by atoms with van der Waals surface area (Å²) in [5, 5.41) is 80.5. The normalized spacial score (nSPS) is 49.1. The van der Waals surface area contributed by atoms with Crippen LogP contribution in [0.25, 0.3) is 0 Å². The Hall–Kier alpha value is -1.39. The second-order valence-corrected chi connectivity index (χ2v) is 26.0. The number of carbonyl (C=O) groups excluding carboxylic acids is 1. The number of amides is 1. The zero-order valence-corrected chi connectivity index (χ0v) is 46.9. The van der Waals surface area contributed by atoms with Gasteiger partial charge in [-0.2, -0.15) is 0 Å². The van der Waals surface area contributed by atoms with Gasteiger partial charge in [-0.1, -0.05) is 110 Å². The van der Waals surface area contributed by atoms with E-state index in [1.165, 1.54) is 64.4 Å². The number of aliphatic hydroxyl groups excluding tert-OH is 7. The third kappa shape index (κ3) is 11.9. The van der Waals surface area contributed by atoms with E-state index in [2.05, 4.69) is 46.0 Å². The Morgan fingerprint density at radius 1 is 0.671 bits per heavy atom. The maximum Gasteiger partial charge on any atom is 0.220 e. The van der Waals surface area contributed by atoms with Gasteiger partial charge in [0.1, 0.15) is 61.0 Å². The maximum absolute atomic E-state index is 13.5. The van der Waals surface area contributed by atoms with Gasteiger partial charge in [0.05, 0.1) is 31.0 Å². The van der Waals surface area contributed by atoms with Gasteiger partial charge >= 0.3 is 0 Å². The average Bonchev–Trinajstić information content (AvgIpc) is 3.85. The van der Waals surface area contributed by atoms with E-state index in [1.54, 1.807) is 0 Å². The van der Waals surface area contributed by atoms with Crippen LogP contribution in [0.1, 0.15) is 183 Å². The number of rotatable bonds is 20. The predicted octanol–water partition coefficient (Wildman–Crippen LogP) is 6.07. The summed E-state index contributed by atoms with van der Waals surface area (Å²) in [6.45, 7) is 15.6. The molecule has 3 saturated carbocycles. The molecule has 8 N–H and O–H groups in total. The molecule has 17 heteroatoms. The van der Waals surface area contributed by atoms with Gasteiger partial charge in [-0.3, -0.25) is 4.79 Å². The highest BCUT2D eigenvalue weighted by molar-refractivity contribution is 5.75. The van der Waals surface area contributed by atoms with Crippen molar-refractivity contribution in [2.75, 3.05) is 13.2 Å². The van der Waals surface area contributed by atoms with E-state index in [0.717, 1.165) is 70.8 Å². The fraction of sp³-hybridized carbons (Fsp3) is 0.949. The summed E-state index contributed by atoms with van der Waals surface area (Å²) in [5.74, 6) is 2.36. The standard InChI is InChI=1S/C59H99NO16/c1-8-9-10-11-12-13-14-15-16-17-18-19-43(61)60-30-42-52(74-54-49(66)47(64)45(62)34(4)70-54)51(68)53(75-55-50(67)48(65)46(63)35(5)71-55)56(73-42)72-37-23-25-57(6)36(28-37)20-21-38-39(57)24-26-58(7)40(38)29-41-44(58)33(3)59(76-41)27-22-32(2)31-69-59/h20,32-35,37-42,44-56,62-68H,8-19,21-31H2,1-7H3,(H,60,61)/t32-,33-,34+,35+,37-,38+,39-,40?,41-,42+,44-,45+,46+,47-,48-,49-,50-,51-,52+,53+,54+,55+,56+,57-,58-,59+/m0/s1. The van der Waals surface area contributed by atoms with Crippen LogP contribution in [0, 0.1) is 46.3 Å². The molecule has 0 aromatic heterocycles. The first-order chi connectivity index (χ1) is 36.3. The van der Waals surface area contributed by atoms with Crippen LogP contribution in [-0.4, -0.2) is 165 Å². The minimum absolute atomic E-state index is 0.0378. The molecular formula is C59H99NO16. The van der Waals surface area contributed by atoms with Crippen molar-refractivity contribution >= 4 is 5.91 Å². The van der Waals surface area contributed by atoms with Crippen LogP contribution >= 0.6 is 0 Å². The number of nitrogens with one attached hydrogen (secondary N) is 1. The van der Waals surface area contributed by atoms with Crippen molar-refractivity contribution in [1.82, 2.24) is 5.32 Å². The smallest absolute Gasteiger partial charge is 0.220 e. The van der Waals surface area contributed by atoms with E-state index >= 15 is 0 Å². The molecule has 0 bridgehead atoms. The van der Waals surface area contributed by atoms with Gasteiger partial charge in [0.25, 0.3) is 0 Å². The molecule has 0 aromatic rings. The van der Waals surface area contributed by atoms with Crippen molar-refractivity contribution < 1.29 is 78.4 Å². The molecule has 436 valence electrons. The van der Waals surface area contributed by atoms with E-state index in [1.807, 2.05) is 0 Å². The first-order valence-electron chi connectivity index (χ1n) is 30.3. The molecule has 1 spiro atoms. The second kappa shape index (κ2) is 25.0. The zero-order chi connectivity index (χ0) is 54.3. The Bertz CT molecular complexity index is 1920. The Morgan fingerprint density at radius 2 is 1.29 bits per heavy atom. The lowest BCUT2D eigenvalue weighted by Crippen LogP contribution is -2.67. The second-order valence-electron chi connectivity index (χ2n) is 26.0. The summed E-state index contributed by atoms with van der Waals surface area (Å²) in [4.78, 5) is 13.5. The van der Waals surface area contributed by atoms with Gasteiger partial charge in [-0.05, 0) is 112 Å². The number of ether oxygens (including phenoxy) is 8. The molecule has 1 amide bonds. The summed E-state index contributed by atoms with van der Waals surface area (Å²) in [6, 6.07) is 0. The third-order valence-electron chi connectivity index (χ3n) is 21.0. The van der Waals surface area contributed by atoms with Gasteiger partial charge < -0.3 is 79.0 Å². The number of fused-ring (bicyclic) bond motifs is 7. The fourth-order valence-corrected chi connectivity index (χ4v) is 16.2. The number of hydrogen-bond donors (Lipinski definition) is 8. The molecule has 9 rings (SSSR count). The molecule has 76 heavy (non-hydrogen) atoms. The fourth-order valence-electron chi connectivity index (χ4n) is 16.2. The minimum Gasteiger partial charge on any atom is -0.388 e. The predicted molar refractivity (Wildman–Crippen MR) is 280 cm³/mol. The maximum atomic E-state index is 13.5. The highest BCUT2D eigenvalue weighted by Gasteiger charge is 2.69. The van der Waals surface area contributed by atoms with Crippen molar-refractivity contribution in [3.8, 4) is 0 Å². The Labute approximate surface area is 452 Å². The Morgan fingerprint density at radius 3 is 1.91 bits per heavy atom. The molecule has 5 aliphatic heterocycles. The monoisotopic (exact) mass is 1080 g/mol. The number of hydrogen-bond acceptors (Lipinski definition) is 16. The Kier molecular flexibility index (Phi) is 19.5. The lowest BCUT2D eigenvalue weighted by atomic mass is 9.47.